The molecule has 1 aromatic carbocycles. The van der Waals surface area contributed by atoms with E-state index in [4.69, 9.17) is 4.42 Å². The molecule has 3 aromatic rings. The fourth-order valence-corrected chi connectivity index (χ4v) is 4.08. The van der Waals surface area contributed by atoms with Crippen LogP contribution in [0.2, 0.25) is 0 Å². The average Bonchev–Trinajstić information content (AvgIpc) is 3.21. The molecule has 0 saturated carbocycles. The van der Waals surface area contributed by atoms with Gasteiger partial charge < -0.3 is 18.8 Å². The Hall–Kier alpha value is -2.53. The van der Waals surface area contributed by atoms with Gasteiger partial charge in [-0.25, -0.2) is 0 Å². The maximum absolute atomic E-state index is 13.4. The Bertz CT molecular complexity index is 1010. The van der Waals surface area contributed by atoms with Gasteiger partial charge in [0.1, 0.15) is 11.5 Å². The van der Waals surface area contributed by atoms with Crippen molar-refractivity contribution in [1.29, 1.82) is 0 Å². The van der Waals surface area contributed by atoms with Gasteiger partial charge in [0.2, 0.25) is 0 Å². The largest absolute Gasteiger partial charge is 0.460 e. The number of nitrogens with zero attached hydrogens (tertiary/aromatic N) is 3. The van der Waals surface area contributed by atoms with Crippen LogP contribution >= 0.6 is 0 Å². The zero-order valence-electron chi connectivity index (χ0n) is 17.3. The highest BCUT2D eigenvalue weighted by Crippen LogP contribution is 2.27. The van der Waals surface area contributed by atoms with Gasteiger partial charge in [-0.05, 0) is 38.4 Å². The molecule has 1 aliphatic heterocycles. The van der Waals surface area contributed by atoms with Crippen molar-refractivity contribution >= 4 is 17.0 Å². The topological polar surface area (TPSA) is 41.6 Å². The molecular weight excluding hydrogens is 350 g/mol. The highest BCUT2D eigenvalue weighted by Gasteiger charge is 2.26. The molecule has 1 fully saturated rings. The first-order chi connectivity index (χ1) is 13.5. The summed E-state index contributed by atoms with van der Waals surface area (Å²) in [6.07, 6.45) is 0. The molecule has 0 N–H and O–H groups in total. The van der Waals surface area contributed by atoms with Crippen molar-refractivity contribution < 1.29 is 9.21 Å². The number of rotatable bonds is 4. The third-order valence-electron chi connectivity index (χ3n) is 5.87. The summed E-state index contributed by atoms with van der Waals surface area (Å²) in [5.74, 6) is 0.973. The lowest BCUT2D eigenvalue weighted by Crippen LogP contribution is -2.48. The van der Waals surface area contributed by atoms with E-state index in [9.17, 15) is 4.79 Å². The molecule has 0 aliphatic carbocycles. The molecular formula is C23H29N3O2. The average molecular weight is 380 g/mol. The molecule has 1 amide bonds. The first-order valence-electron chi connectivity index (χ1n) is 10.1. The summed E-state index contributed by atoms with van der Waals surface area (Å²) in [6.45, 7) is 13.5. The van der Waals surface area contributed by atoms with E-state index in [0.717, 1.165) is 55.3 Å². The minimum absolute atomic E-state index is 0.102. The summed E-state index contributed by atoms with van der Waals surface area (Å²) < 4.78 is 7.98. The van der Waals surface area contributed by atoms with Crippen LogP contribution < -0.4 is 0 Å². The Balaban J connectivity index is 1.70. The van der Waals surface area contributed by atoms with Crippen molar-refractivity contribution in [2.24, 2.45) is 0 Å². The van der Waals surface area contributed by atoms with Crippen molar-refractivity contribution in [2.75, 3.05) is 32.7 Å². The predicted molar refractivity (Wildman–Crippen MR) is 112 cm³/mol. The van der Waals surface area contributed by atoms with Gasteiger partial charge in [0.25, 0.3) is 5.91 Å². The summed E-state index contributed by atoms with van der Waals surface area (Å²) >= 11 is 0. The molecule has 5 heteroatoms. The highest BCUT2D eigenvalue weighted by molar-refractivity contribution is 5.97. The van der Waals surface area contributed by atoms with Crippen LogP contribution in [-0.4, -0.2) is 53.0 Å². The number of carbonyl (C=O) groups is 1. The van der Waals surface area contributed by atoms with Crippen molar-refractivity contribution in [1.82, 2.24) is 14.4 Å². The van der Waals surface area contributed by atoms with Crippen LogP contribution in [-0.2, 0) is 6.54 Å². The maximum Gasteiger partial charge on any atom is 0.270 e. The molecule has 0 bridgehead atoms. The van der Waals surface area contributed by atoms with Crippen LogP contribution in [0.25, 0.3) is 11.1 Å². The van der Waals surface area contributed by atoms with Crippen molar-refractivity contribution in [3.05, 3.63) is 58.5 Å². The molecule has 0 radical (unpaired) electrons. The summed E-state index contributed by atoms with van der Waals surface area (Å²) in [5, 5.41) is 0. The number of fused-ring (bicyclic) bond motifs is 1. The van der Waals surface area contributed by atoms with E-state index in [1.807, 2.05) is 24.0 Å². The number of piperazine rings is 1. The van der Waals surface area contributed by atoms with E-state index in [0.29, 0.717) is 6.54 Å². The number of amides is 1. The third-order valence-corrected chi connectivity index (χ3v) is 5.87. The second kappa shape index (κ2) is 7.47. The van der Waals surface area contributed by atoms with Crippen LogP contribution in [0.1, 0.15) is 39.9 Å². The van der Waals surface area contributed by atoms with Crippen molar-refractivity contribution in [3.8, 4) is 0 Å². The maximum atomic E-state index is 13.4. The monoisotopic (exact) mass is 379 g/mol. The van der Waals surface area contributed by atoms with E-state index in [1.165, 1.54) is 16.7 Å². The van der Waals surface area contributed by atoms with Gasteiger partial charge in [-0.3, -0.25) is 4.79 Å². The van der Waals surface area contributed by atoms with Crippen LogP contribution in [0.4, 0.5) is 0 Å². The number of aromatic nitrogens is 1. The molecule has 1 aliphatic rings. The second-order valence-corrected chi connectivity index (χ2v) is 7.88. The minimum atomic E-state index is 0.102. The van der Waals surface area contributed by atoms with Gasteiger partial charge in [0.15, 0.2) is 5.58 Å². The van der Waals surface area contributed by atoms with E-state index < -0.39 is 0 Å². The Kier molecular flexibility index (Phi) is 5.02. The molecule has 148 valence electrons. The number of benzene rings is 1. The number of likely N-dealkylation sites (N-methyl/N-ethyl adjacent to an activating group) is 1. The number of aryl methyl sites for hydroxylation is 3. The lowest BCUT2D eigenvalue weighted by Gasteiger charge is -2.34. The van der Waals surface area contributed by atoms with Gasteiger partial charge in [-0.1, -0.05) is 30.7 Å². The first-order valence-corrected chi connectivity index (χ1v) is 10.1. The Morgan fingerprint density at radius 2 is 1.79 bits per heavy atom. The predicted octanol–water partition coefficient (Wildman–Crippen LogP) is 3.99. The molecule has 28 heavy (non-hydrogen) atoms. The zero-order chi connectivity index (χ0) is 19.8. The molecule has 1 saturated heterocycles. The van der Waals surface area contributed by atoms with Gasteiger partial charge >= 0.3 is 0 Å². The smallest absolute Gasteiger partial charge is 0.270 e. The summed E-state index contributed by atoms with van der Waals surface area (Å²) in [7, 11) is 0. The number of carbonyl (C=O) groups excluding carboxylic acids is 1. The van der Waals surface area contributed by atoms with Crippen LogP contribution in [0.3, 0.4) is 0 Å². The fraction of sp³-hybridized carbons (Fsp3) is 0.435. The molecule has 2 aromatic heterocycles. The summed E-state index contributed by atoms with van der Waals surface area (Å²) in [5.41, 5.74) is 6.21. The molecule has 4 rings (SSSR count). The minimum Gasteiger partial charge on any atom is -0.460 e. The van der Waals surface area contributed by atoms with Crippen LogP contribution in [0.5, 0.6) is 0 Å². The second-order valence-electron chi connectivity index (χ2n) is 7.88. The van der Waals surface area contributed by atoms with E-state index in [2.05, 4.69) is 48.4 Å². The number of furan rings is 1. The number of hydrogen-bond acceptors (Lipinski definition) is 3. The lowest BCUT2D eigenvalue weighted by atomic mass is 10.1. The fourth-order valence-electron chi connectivity index (χ4n) is 4.08. The molecule has 0 spiro atoms. The third kappa shape index (κ3) is 3.47. The quantitative estimate of drug-likeness (QED) is 0.688. The zero-order valence-corrected chi connectivity index (χ0v) is 17.3. The summed E-state index contributed by atoms with van der Waals surface area (Å²) in [4.78, 5) is 17.7. The van der Waals surface area contributed by atoms with Gasteiger partial charge in [-0.15, -0.1) is 0 Å². The lowest BCUT2D eigenvalue weighted by molar-refractivity contribution is 0.0633. The normalized spacial score (nSPS) is 15.5. The van der Waals surface area contributed by atoms with Gasteiger partial charge in [0.05, 0.1) is 5.52 Å². The van der Waals surface area contributed by atoms with Crippen LogP contribution in [0, 0.1) is 20.8 Å². The molecule has 0 atom stereocenters. The number of hydrogen-bond donors (Lipinski definition) is 0. The Morgan fingerprint density at radius 3 is 2.50 bits per heavy atom. The van der Waals surface area contributed by atoms with E-state index >= 15 is 0 Å². The highest BCUT2D eigenvalue weighted by atomic mass is 16.3. The molecule has 5 nitrogen and oxygen atoms in total. The summed E-state index contributed by atoms with van der Waals surface area (Å²) in [6, 6.07) is 10.4. The Labute approximate surface area is 166 Å². The van der Waals surface area contributed by atoms with Crippen LogP contribution in [0.15, 0.2) is 34.7 Å². The molecule has 0 unspecified atom stereocenters. The van der Waals surface area contributed by atoms with Gasteiger partial charge in [-0.2, -0.15) is 0 Å². The van der Waals surface area contributed by atoms with E-state index in [-0.39, 0.29) is 5.91 Å². The van der Waals surface area contributed by atoms with Crippen molar-refractivity contribution in [3.63, 3.8) is 0 Å². The molecule has 3 heterocycles. The Morgan fingerprint density at radius 1 is 1.04 bits per heavy atom. The standard InChI is InChI=1S/C23H29N3O2/c1-5-24-8-10-25(11-9-24)23(27)21-14-22-20(13-18(4)28-22)26(21)15-19-12-16(2)6-7-17(19)3/h6-7,12-14H,5,8-11,15H2,1-4H3. The SMILES string of the molecule is CCN1CCN(C(=O)c2cc3oc(C)cc3n2Cc2cc(C)ccc2C)CC1. The van der Waals surface area contributed by atoms with Crippen molar-refractivity contribution in [2.45, 2.75) is 34.2 Å². The first kappa shape index (κ1) is 18.8. The van der Waals surface area contributed by atoms with Gasteiger partial charge in [0, 0.05) is 44.9 Å². The van der Waals surface area contributed by atoms with E-state index in [1.54, 1.807) is 0 Å².